The van der Waals surface area contributed by atoms with Crippen molar-refractivity contribution in [1.82, 2.24) is 0 Å². The van der Waals surface area contributed by atoms with Gasteiger partial charge in [0.25, 0.3) is 0 Å². The van der Waals surface area contributed by atoms with Crippen LogP contribution in [-0.4, -0.2) is 11.7 Å². The maximum absolute atomic E-state index is 10.5. The number of aliphatic hydroxyl groups excluding tert-OH is 1. The van der Waals surface area contributed by atoms with E-state index in [-0.39, 0.29) is 6.10 Å². The topological polar surface area (TPSA) is 29.5 Å². The number of benzene rings is 1. The van der Waals surface area contributed by atoms with Crippen molar-refractivity contribution in [2.24, 2.45) is 17.8 Å². The molecule has 1 aromatic rings. The molecule has 0 aromatic heterocycles. The molecule has 1 aromatic carbocycles. The summed E-state index contributed by atoms with van der Waals surface area (Å²) in [7, 11) is 0. The van der Waals surface area contributed by atoms with Gasteiger partial charge in [-0.05, 0) is 55.2 Å². The fourth-order valence-electron chi connectivity index (χ4n) is 3.56. The van der Waals surface area contributed by atoms with Crippen LogP contribution in [0, 0.1) is 17.8 Å². The molecule has 0 amide bonds. The summed E-state index contributed by atoms with van der Waals surface area (Å²) in [5.41, 5.74) is 1.01. The van der Waals surface area contributed by atoms with Crippen molar-refractivity contribution in [3.63, 3.8) is 0 Å². The minimum Gasteiger partial charge on any atom is -0.494 e. The van der Waals surface area contributed by atoms with Gasteiger partial charge in [-0.15, -0.1) is 0 Å². The summed E-state index contributed by atoms with van der Waals surface area (Å²) in [6, 6.07) is 5.90. The number of halogens is 1. The lowest BCUT2D eigenvalue weighted by molar-refractivity contribution is 0.136. The summed E-state index contributed by atoms with van der Waals surface area (Å²) in [5.74, 6) is 2.90. The van der Waals surface area contributed by atoms with Crippen LogP contribution in [0.3, 0.4) is 0 Å². The van der Waals surface area contributed by atoms with E-state index in [1.54, 1.807) is 0 Å². The summed E-state index contributed by atoms with van der Waals surface area (Å²) in [6.07, 6.45) is 3.65. The van der Waals surface area contributed by atoms with Gasteiger partial charge < -0.3 is 9.84 Å². The number of ether oxygens (including phenoxy) is 1. The Morgan fingerprint density at radius 3 is 2.72 bits per heavy atom. The molecule has 2 fully saturated rings. The molecular weight excluding hydrogens is 292 g/mol. The molecule has 2 nitrogen and oxygen atoms in total. The van der Waals surface area contributed by atoms with Gasteiger partial charge in [-0.25, -0.2) is 0 Å². The minimum absolute atomic E-state index is 0.314. The lowest BCUT2D eigenvalue weighted by atomic mass is 9.99. The Morgan fingerprint density at radius 1 is 1.39 bits per heavy atom. The van der Waals surface area contributed by atoms with Crippen molar-refractivity contribution in [3.8, 4) is 5.75 Å². The molecule has 18 heavy (non-hydrogen) atoms. The van der Waals surface area contributed by atoms with Crippen molar-refractivity contribution in [2.45, 2.75) is 32.3 Å². The van der Waals surface area contributed by atoms with Crippen LogP contribution < -0.4 is 4.74 Å². The Balaban J connectivity index is 1.76. The van der Waals surface area contributed by atoms with Crippen molar-refractivity contribution < 1.29 is 9.84 Å². The third-order valence-corrected chi connectivity index (χ3v) is 5.13. The normalized spacial score (nSPS) is 30.9. The molecule has 0 spiro atoms. The second-order valence-electron chi connectivity index (χ2n) is 5.40. The second kappa shape index (κ2) is 4.86. The summed E-state index contributed by atoms with van der Waals surface area (Å²) < 4.78 is 6.42. The zero-order chi connectivity index (χ0) is 12.7. The standard InChI is InChI=1S/C15H19BrO2/c1-2-18-9-6-7-12(13(16)8-9)15(17)14-10-4-3-5-11(10)14/h6-8,10-11,14-15,17H,2-5H2,1H3. The van der Waals surface area contributed by atoms with Crippen LogP contribution in [0.4, 0.5) is 0 Å². The molecule has 0 radical (unpaired) electrons. The Hall–Kier alpha value is -0.540. The number of rotatable bonds is 4. The first-order valence-corrected chi connectivity index (χ1v) is 7.62. The van der Waals surface area contributed by atoms with Gasteiger partial charge in [0, 0.05) is 4.47 Å². The van der Waals surface area contributed by atoms with Crippen LogP contribution in [0.5, 0.6) is 5.75 Å². The lowest BCUT2D eigenvalue weighted by Gasteiger charge is -2.15. The number of aliphatic hydroxyl groups is 1. The van der Waals surface area contributed by atoms with E-state index in [0.29, 0.717) is 12.5 Å². The molecule has 3 rings (SSSR count). The third-order valence-electron chi connectivity index (χ3n) is 4.44. The molecule has 3 atom stereocenters. The second-order valence-corrected chi connectivity index (χ2v) is 6.25. The van der Waals surface area contributed by atoms with E-state index in [4.69, 9.17) is 4.74 Å². The summed E-state index contributed by atoms with van der Waals surface area (Å²) in [5, 5.41) is 10.5. The van der Waals surface area contributed by atoms with Gasteiger partial charge in [-0.2, -0.15) is 0 Å². The first-order chi connectivity index (χ1) is 8.72. The predicted molar refractivity (Wildman–Crippen MR) is 74.6 cm³/mol. The van der Waals surface area contributed by atoms with Gasteiger partial charge in [0.15, 0.2) is 0 Å². The molecule has 0 bridgehead atoms. The molecule has 3 heteroatoms. The van der Waals surface area contributed by atoms with Gasteiger partial charge in [0.05, 0.1) is 12.7 Å². The highest BCUT2D eigenvalue weighted by Gasteiger charge is 2.56. The molecule has 98 valence electrons. The van der Waals surface area contributed by atoms with E-state index in [2.05, 4.69) is 15.9 Å². The van der Waals surface area contributed by atoms with Gasteiger partial charge in [0.2, 0.25) is 0 Å². The van der Waals surface area contributed by atoms with Gasteiger partial charge >= 0.3 is 0 Å². The Morgan fingerprint density at radius 2 is 2.11 bits per heavy atom. The first-order valence-electron chi connectivity index (χ1n) is 6.82. The van der Waals surface area contributed by atoms with Gasteiger partial charge in [-0.3, -0.25) is 0 Å². The molecule has 2 saturated carbocycles. The number of hydrogen-bond donors (Lipinski definition) is 1. The molecule has 2 aliphatic rings. The molecule has 2 aliphatic carbocycles. The summed E-state index contributed by atoms with van der Waals surface area (Å²) >= 11 is 3.55. The third kappa shape index (κ3) is 2.08. The average molecular weight is 311 g/mol. The molecular formula is C15H19BrO2. The molecule has 0 saturated heterocycles. The Bertz CT molecular complexity index is 436. The van der Waals surface area contributed by atoms with E-state index in [1.807, 2.05) is 25.1 Å². The van der Waals surface area contributed by atoms with Crippen LogP contribution in [-0.2, 0) is 0 Å². The van der Waals surface area contributed by atoms with E-state index >= 15 is 0 Å². The van der Waals surface area contributed by atoms with Crippen LogP contribution >= 0.6 is 15.9 Å². The monoisotopic (exact) mass is 310 g/mol. The zero-order valence-electron chi connectivity index (χ0n) is 10.6. The maximum Gasteiger partial charge on any atom is 0.120 e. The van der Waals surface area contributed by atoms with E-state index in [9.17, 15) is 5.11 Å². The summed E-state index contributed by atoms with van der Waals surface area (Å²) in [6.45, 7) is 2.64. The highest BCUT2D eigenvalue weighted by atomic mass is 79.9. The highest BCUT2D eigenvalue weighted by molar-refractivity contribution is 9.10. The van der Waals surface area contributed by atoms with Gasteiger partial charge in [-0.1, -0.05) is 28.4 Å². The molecule has 0 heterocycles. The van der Waals surface area contributed by atoms with Crippen LogP contribution in [0.15, 0.2) is 22.7 Å². The predicted octanol–water partition coefficient (Wildman–Crippen LogP) is 3.93. The first kappa shape index (κ1) is 12.5. The van der Waals surface area contributed by atoms with Gasteiger partial charge in [0.1, 0.15) is 5.75 Å². The molecule has 1 N–H and O–H groups in total. The van der Waals surface area contributed by atoms with Crippen molar-refractivity contribution in [2.75, 3.05) is 6.61 Å². The fourth-order valence-corrected chi connectivity index (χ4v) is 4.15. The number of hydrogen-bond acceptors (Lipinski definition) is 2. The SMILES string of the molecule is CCOc1ccc(C(O)C2C3CCCC32)c(Br)c1. The Kier molecular flexibility index (Phi) is 3.37. The van der Waals surface area contributed by atoms with E-state index in [0.717, 1.165) is 27.6 Å². The largest absolute Gasteiger partial charge is 0.494 e. The smallest absolute Gasteiger partial charge is 0.120 e. The van der Waals surface area contributed by atoms with Crippen LogP contribution in [0.2, 0.25) is 0 Å². The van der Waals surface area contributed by atoms with Crippen molar-refractivity contribution >= 4 is 15.9 Å². The Labute approximate surface area is 116 Å². The van der Waals surface area contributed by atoms with Crippen LogP contribution in [0.1, 0.15) is 37.9 Å². The average Bonchev–Trinajstić information content (AvgIpc) is 2.82. The maximum atomic E-state index is 10.5. The van der Waals surface area contributed by atoms with Crippen molar-refractivity contribution in [3.05, 3.63) is 28.2 Å². The number of fused-ring (bicyclic) bond motifs is 1. The van der Waals surface area contributed by atoms with Crippen LogP contribution in [0.25, 0.3) is 0 Å². The quantitative estimate of drug-likeness (QED) is 0.913. The summed E-state index contributed by atoms with van der Waals surface area (Å²) in [4.78, 5) is 0. The highest BCUT2D eigenvalue weighted by Crippen LogP contribution is 2.62. The van der Waals surface area contributed by atoms with E-state index in [1.165, 1.54) is 19.3 Å². The lowest BCUT2D eigenvalue weighted by Crippen LogP contribution is -2.05. The van der Waals surface area contributed by atoms with Crippen molar-refractivity contribution in [1.29, 1.82) is 0 Å². The molecule has 3 unspecified atom stereocenters. The van der Waals surface area contributed by atoms with E-state index < -0.39 is 0 Å². The zero-order valence-corrected chi connectivity index (χ0v) is 12.2. The minimum atomic E-state index is -0.314. The fraction of sp³-hybridized carbons (Fsp3) is 0.600. The molecule has 0 aliphatic heterocycles.